The zero-order valence-electron chi connectivity index (χ0n) is 16.6. The average molecular weight is 385 g/mol. The molecule has 0 fully saturated rings. The Hall–Kier alpha value is -3.47. The molecule has 29 heavy (non-hydrogen) atoms. The van der Waals surface area contributed by atoms with Gasteiger partial charge in [-0.1, -0.05) is 56.3 Å². The largest absolute Gasteiger partial charge is 0.441 e. The molecule has 0 bridgehead atoms. The van der Waals surface area contributed by atoms with Crippen LogP contribution in [-0.2, 0) is 11.2 Å². The van der Waals surface area contributed by atoms with E-state index in [0.717, 1.165) is 16.5 Å². The predicted octanol–water partition coefficient (Wildman–Crippen LogP) is 5.58. The van der Waals surface area contributed by atoms with E-state index in [2.05, 4.69) is 41.3 Å². The lowest BCUT2D eigenvalue weighted by Gasteiger charge is -2.07. The van der Waals surface area contributed by atoms with Crippen molar-refractivity contribution in [2.45, 2.75) is 32.6 Å². The van der Waals surface area contributed by atoms with Crippen molar-refractivity contribution in [3.63, 3.8) is 0 Å². The number of pyridine rings is 1. The zero-order chi connectivity index (χ0) is 20.2. The number of nitrogens with one attached hydrogen (secondary N) is 1. The fourth-order valence-electron chi connectivity index (χ4n) is 3.23. The fraction of sp³-hybridized carbons (Fsp3) is 0.208. The first-order chi connectivity index (χ1) is 14.1. The van der Waals surface area contributed by atoms with Crippen LogP contribution in [0.3, 0.4) is 0 Å². The molecule has 5 heteroatoms. The number of carbonyl (C=O) groups excluding carboxylic acids is 1. The minimum Gasteiger partial charge on any atom is -0.441 e. The van der Waals surface area contributed by atoms with Gasteiger partial charge in [0.05, 0.1) is 17.4 Å². The van der Waals surface area contributed by atoms with Crippen molar-refractivity contribution in [2.24, 2.45) is 0 Å². The van der Waals surface area contributed by atoms with Crippen LogP contribution >= 0.6 is 0 Å². The van der Waals surface area contributed by atoms with Crippen LogP contribution < -0.4 is 5.32 Å². The third kappa shape index (κ3) is 4.35. The SMILES string of the molecule is CC(C)c1ccc(-c2cnc(CCC(=O)Nc3cccc4cccnc34)o2)cc1. The van der Waals surface area contributed by atoms with Crippen LogP contribution in [0.2, 0.25) is 0 Å². The smallest absolute Gasteiger partial charge is 0.224 e. The summed E-state index contributed by atoms with van der Waals surface area (Å²) in [5.41, 5.74) is 3.77. The molecule has 0 spiro atoms. The third-order valence-electron chi connectivity index (χ3n) is 4.89. The Kier molecular flexibility index (Phi) is 5.38. The van der Waals surface area contributed by atoms with E-state index in [1.165, 1.54) is 5.56 Å². The van der Waals surface area contributed by atoms with Crippen LogP contribution in [0.4, 0.5) is 5.69 Å². The maximum atomic E-state index is 12.4. The highest BCUT2D eigenvalue weighted by molar-refractivity contribution is 6.00. The number of aryl methyl sites for hydroxylation is 1. The highest BCUT2D eigenvalue weighted by atomic mass is 16.4. The number of anilines is 1. The van der Waals surface area contributed by atoms with E-state index in [-0.39, 0.29) is 12.3 Å². The van der Waals surface area contributed by atoms with E-state index in [9.17, 15) is 4.79 Å². The van der Waals surface area contributed by atoms with Gasteiger partial charge in [0.2, 0.25) is 5.91 Å². The number of amides is 1. The number of carbonyl (C=O) groups is 1. The number of oxazole rings is 1. The summed E-state index contributed by atoms with van der Waals surface area (Å²) in [6.45, 7) is 4.34. The second-order valence-corrected chi connectivity index (χ2v) is 7.32. The summed E-state index contributed by atoms with van der Waals surface area (Å²) in [4.78, 5) is 21.1. The molecule has 1 N–H and O–H groups in total. The van der Waals surface area contributed by atoms with Crippen LogP contribution in [0.15, 0.2) is 71.4 Å². The molecule has 0 unspecified atom stereocenters. The Balaban J connectivity index is 1.38. The molecule has 2 heterocycles. The van der Waals surface area contributed by atoms with Gasteiger partial charge in [-0.3, -0.25) is 9.78 Å². The second-order valence-electron chi connectivity index (χ2n) is 7.32. The van der Waals surface area contributed by atoms with Crippen LogP contribution in [0.1, 0.15) is 37.6 Å². The highest BCUT2D eigenvalue weighted by Gasteiger charge is 2.11. The first-order valence-electron chi connectivity index (χ1n) is 9.79. The standard InChI is InChI=1S/C24H23N3O2/c1-16(2)17-8-10-18(11-9-17)21-15-26-23(29-21)13-12-22(28)27-20-7-3-5-19-6-4-14-25-24(19)20/h3-11,14-16H,12-13H2,1-2H3,(H,27,28). The van der Waals surface area contributed by atoms with Crippen LogP contribution in [-0.4, -0.2) is 15.9 Å². The Morgan fingerprint density at radius 3 is 2.62 bits per heavy atom. The summed E-state index contributed by atoms with van der Waals surface area (Å²) in [6, 6.07) is 17.9. The number of hydrogen-bond acceptors (Lipinski definition) is 4. The normalized spacial score (nSPS) is 11.1. The molecule has 2 aromatic carbocycles. The first-order valence-corrected chi connectivity index (χ1v) is 9.79. The maximum Gasteiger partial charge on any atom is 0.224 e. The van der Waals surface area contributed by atoms with Crippen molar-refractivity contribution in [1.29, 1.82) is 0 Å². The molecule has 2 aromatic heterocycles. The number of nitrogens with zero attached hydrogens (tertiary/aromatic N) is 2. The molecule has 0 radical (unpaired) electrons. The van der Waals surface area contributed by atoms with Crippen LogP contribution in [0, 0.1) is 0 Å². The summed E-state index contributed by atoms with van der Waals surface area (Å²) in [7, 11) is 0. The molecule has 0 saturated heterocycles. The van der Waals surface area contributed by atoms with Gasteiger partial charge in [-0.05, 0) is 23.6 Å². The Bertz CT molecular complexity index is 1130. The third-order valence-corrected chi connectivity index (χ3v) is 4.89. The van der Waals surface area contributed by atoms with Crippen LogP contribution in [0.5, 0.6) is 0 Å². The molecule has 4 aromatic rings. The van der Waals surface area contributed by atoms with Crippen molar-refractivity contribution in [2.75, 3.05) is 5.32 Å². The molecular formula is C24H23N3O2. The molecule has 0 aliphatic carbocycles. The second kappa shape index (κ2) is 8.27. The minimum atomic E-state index is -0.0933. The molecule has 4 rings (SSSR count). The Morgan fingerprint density at radius 1 is 1.03 bits per heavy atom. The van der Waals surface area contributed by atoms with E-state index in [4.69, 9.17) is 4.42 Å². The van der Waals surface area contributed by atoms with E-state index in [1.807, 2.05) is 42.5 Å². The topological polar surface area (TPSA) is 68.0 Å². The monoisotopic (exact) mass is 385 g/mol. The minimum absolute atomic E-state index is 0.0933. The average Bonchev–Trinajstić information content (AvgIpc) is 3.22. The molecule has 0 aliphatic rings. The molecule has 1 amide bonds. The van der Waals surface area contributed by atoms with E-state index in [0.29, 0.717) is 29.7 Å². The van der Waals surface area contributed by atoms with Gasteiger partial charge in [-0.25, -0.2) is 4.98 Å². The van der Waals surface area contributed by atoms with Crippen molar-refractivity contribution in [3.8, 4) is 11.3 Å². The summed E-state index contributed by atoms with van der Waals surface area (Å²) >= 11 is 0. The van der Waals surface area contributed by atoms with Gasteiger partial charge in [-0.2, -0.15) is 0 Å². The van der Waals surface area contributed by atoms with E-state index < -0.39 is 0 Å². The van der Waals surface area contributed by atoms with Crippen molar-refractivity contribution >= 4 is 22.5 Å². The van der Waals surface area contributed by atoms with Gasteiger partial charge in [0, 0.05) is 30.0 Å². The lowest BCUT2D eigenvalue weighted by atomic mass is 10.0. The Labute approximate surface area is 169 Å². The summed E-state index contributed by atoms with van der Waals surface area (Å²) in [6.07, 6.45) is 4.16. The first kappa shape index (κ1) is 18.9. The van der Waals surface area contributed by atoms with Crippen LogP contribution in [0.25, 0.3) is 22.2 Å². The zero-order valence-corrected chi connectivity index (χ0v) is 16.6. The molecule has 5 nitrogen and oxygen atoms in total. The van der Waals surface area contributed by atoms with E-state index in [1.54, 1.807) is 12.4 Å². The number of hydrogen-bond donors (Lipinski definition) is 1. The number of rotatable bonds is 6. The molecule has 146 valence electrons. The van der Waals surface area contributed by atoms with Gasteiger partial charge >= 0.3 is 0 Å². The molecule has 0 atom stereocenters. The highest BCUT2D eigenvalue weighted by Crippen LogP contribution is 2.24. The summed E-state index contributed by atoms with van der Waals surface area (Å²) in [5, 5.41) is 3.93. The summed E-state index contributed by atoms with van der Waals surface area (Å²) < 4.78 is 5.84. The van der Waals surface area contributed by atoms with E-state index >= 15 is 0 Å². The number of aromatic nitrogens is 2. The molecule has 0 aliphatic heterocycles. The number of benzene rings is 2. The van der Waals surface area contributed by atoms with Gasteiger partial charge in [0.15, 0.2) is 11.7 Å². The quantitative estimate of drug-likeness (QED) is 0.470. The molecular weight excluding hydrogens is 362 g/mol. The van der Waals surface area contributed by atoms with Crippen molar-refractivity contribution < 1.29 is 9.21 Å². The van der Waals surface area contributed by atoms with Gasteiger partial charge in [-0.15, -0.1) is 0 Å². The van der Waals surface area contributed by atoms with Crippen molar-refractivity contribution in [3.05, 3.63) is 78.4 Å². The Morgan fingerprint density at radius 2 is 1.83 bits per heavy atom. The predicted molar refractivity (Wildman–Crippen MR) is 115 cm³/mol. The fourth-order valence-corrected chi connectivity index (χ4v) is 3.23. The van der Waals surface area contributed by atoms with Gasteiger partial charge in [0.1, 0.15) is 0 Å². The number of para-hydroxylation sites is 1. The number of fused-ring (bicyclic) bond motifs is 1. The molecule has 0 saturated carbocycles. The lowest BCUT2D eigenvalue weighted by molar-refractivity contribution is -0.116. The van der Waals surface area contributed by atoms with Gasteiger partial charge < -0.3 is 9.73 Å². The van der Waals surface area contributed by atoms with Gasteiger partial charge in [0.25, 0.3) is 0 Å². The lowest BCUT2D eigenvalue weighted by Crippen LogP contribution is -2.12. The summed E-state index contributed by atoms with van der Waals surface area (Å²) in [5.74, 6) is 1.67. The van der Waals surface area contributed by atoms with Crippen molar-refractivity contribution in [1.82, 2.24) is 9.97 Å². The maximum absolute atomic E-state index is 12.4.